The molecule has 1 amide bonds. The van der Waals surface area contributed by atoms with E-state index in [1.807, 2.05) is 60.7 Å². The van der Waals surface area contributed by atoms with E-state index < -0.39 is 5.92 Å². The summed E-state index contributed by atoms with van der Waals surface area (Å²) in [6, 6.07) is 19.3. The van der Waals surface area contributed by atoms with Gasteiger partial charge in [0.25, 0.3) is 0 Å². The average molecular weight is 419 g/mol. The van der Waals surface area contributed by atoms with E-state index in [0.717, 1.165) is 30.6 Å². The van der Waals surface area contributed by atoms with Crippen LogP contribution in [0.25, 0.3) is 0 Å². The van der Waals surface area contributed by atoms with Crippen molar-refractivity contribution < 1.29 is 9.53 Å². The molecule has 1 aromatic heterocycles. The maximum absolute atomic E-state index is 13.1. The Hall–Kier alpha value is -3.65. The molecule has 1 fully saturated rings. The number of nitrogens with zero attached hydrogens (tertiary/aromatic N) is 2. The monoisotopic (exact) mass is 418 g/mol. The molecular weight excluding hydrogens is 392 g/mol. The molecule has 0 radical (unpaired) electrons. The second-order valence-corrected chi connectivity index (χ2v) is 7.37. The normalized spacial score (nSPS) is 15.6. The Morgan fingerprint density at radius 3 is 2.29 bits per heavy atom. The zero-order chi connectivity index (χ0) is 21.5. The zero-order valence-electron chi connectivity index (χ0n) is 17.1. The number of nitrogen functional groups attached to an aromatic ring is 1. The summed E-state index contributed by atoms with van der Waals surface area (Å²) in [6.45, 7) is 1.41. The minimum Gasteiger partial charge on any atom is -0.393 e. The molecule has 3 aromatic rings. The van der Waals surface area contributed by atoms with Crippen molar-refractivity contribution >= 4 is 23.2 Å². The molecule has 0 saturated carbocycles. The second kappa shape index (κ2) is 9.90. The van der Waals surface area contributed by atoms with Crippen LogP contribution in [0.5, 0.6) is 0 Å². The van der Waals surface area contributed by atoms with Crippen LogP contribution in [-0.2, 0) is 9.53 Å². The molecule has 5 N–H and O–H groups in total. The van der Waals surface area contributed by atoms with E-state index in [2.05, 4.69) is 26.1 Å². The summed E-state index contributed by atoms with van der Waals surface area (Å²) in [5, 5.41) is 3.20. The van der Waals surface area contributed by atoms with E-state index in [4.69, 9.17) is 10.5 Å². The average Bonchev–Trinajstić information content (AvgIpc) is 3.33. The first-order chi connectivity index (χ1) is 15.2. The molecule has 8 heteroatoms. The molecule has 31 heavy (non-hydrogen) atoms. The van der Waals surface area contributed by atoms with Gasteiger partial charge in [0, 0.05) is 13.2 Å². The van der Waals surface area contributed by atoms with Gasteiger partial charge in [0.2, 0.25) is 5.91 Å². The van der Waals surface area contributed by atoms with E-state index >= 15 is 0 Å². The van der Waals surface area contributed by atoms with Gasteiger partial charge in [-0.25, -0.2) is 9.97 Å². The van der Waals surface area contributed by atoms with Gasteiger partial charge >= 0.3 is 0 Å². The van der Waals surface area contributed by atoms with Gasteiger partial charge in [0.1, 0.15) is 12.0 Å². The third-order valence-corrected chi connectivity index (χ3v) is 5.24. The van der Waals surface area contributed by atoms with E-state index in [1.54, 1.807) is 0 Å². The number of rotatable bonds is 8. The van der Waals surface area contributed by atoms with E-state index in [9.17, 15) is 4.79 Å². The lowest BCUT2D eigenvalue weighted by Gasteiger charge is -2.19. The maximum Gasteiger partial charge on any atom is 0.250 e. The smallest absolute Gasteiger partial charge is 0.250 e. The van der Waals surface area contributed by atoms with Crippen molar-refractivity contribution in [2.24, 2.45) is 0 Å². The number of nitrogens with one attached hydrogen (secondary N) is 3. The number of ether oxygens (including phenoxy) is 1. The highest BCUT2D eigenvalue weighted by molar-refractivity contribution is 5.88. The van der Waals surface area contributed by atoms with Gasteiger partial charge in [-0.15, -0.1) is 0 Å². The predicted octanol–water partition coefficient (Wildman–Crippen LogP) is 2.92. The topological polar surface area (TPSA) is 114 Å². The van der Waals surface area contributed by atoms with Crippen LogP contribution in [0.4, 0.5) is 17.3 Å². The van der Waals surface area contributed by atoms with Gasteiger partial charge in [-0.05, 0) is 24.0 Å². The first-order valence-corrected chi connectivity index (χ1v) is 10.3. The first-order valence-electron chi connectivity index (χ1n) is 10.3. The van der Waals surface area contributed by atoms with Gasteiger partial charge in [-0.1, -0.05) is 60.7 Å². The Morgan fingerprint density at radius 2 is 1.68 bits per heavy atom. The molecule has 8 nitrogen and oxygen atoms in total. The number of carbonyl (C=O) groups excluding carboxylic acids is 1. The van der Waals surface area contributed by atoms with Crippen molar-refractivity contribution in [3.63, 3.8) is 0 Å². The number of amides is 1. The SMILES string of the molecule is Nc1c(NCC2CCCO2)ncnc1NNC(=O)C(c1ccccc1)c1ccccc1. The van der Waals surface area contributed by atoms with Crippen LogP contribution in [0.3, 0.4) is 0 Å². The largest absolute Gasteiger partial charge is 0.393 e. The Morgan fingerprint density at radius 1 is 1.03 bits per heavy atom. The maximum atomic E-state index is 13.1. The molecule has 2 heterocycles. The molecule has 160 valence electrons. The number of hydrogen-bond acceptors (Lipinski definition) is 7. The van der Waals surface area contributed by atoms with Crippen molar-refractivity contribution in [1.29, 1.82) is 0 Å². The van der Waals surface area contributed by atoms with Gasteiger partial charge in [0.05, 0.1) is 12.0 Å². The lowest BCUT2D eigenvalue weighted by molar-refractivity contribution is -0.121. The van der Waals surface area contributed by atoms with Crippen molar-refractivity contribution in [2.45, 2.75) is 24.9 Å². The lowest BCUT2D eigenvalue weighted by Crippen LogP contribution is -2.35. The fourth-order valence-corrected chi connectivity index (χ4v) is 3.63. The fraction of sp³-hybridized carbons (Fsp3) is 0.261. The third-order valence-electron chi connectivity index (χ3n) is 5.24. The van der Waals surface area contributed by atoms with Crippen molar-refractivity contribution in [1.82, 2.24) is 15.4 Å². The lowest BCUT2D eigenvalue weighted by atomic mass is 9.91. The molecule has 0 bridgehead atoms. The van der Waals surface area contributed by atoms with E-state index in [-0.39, 0.29) is 12.0 Å². The van der Waals surface area contributed by atoms with Crippen molar-refractivity contribution in [2.75, 3.05) is 29.6 Å². The molecule has 0 aliphatic carbocycles. The van der Waals surface area contributed by atoms with E-state index in [0.29, 0.717) is 23.9 Å². The predicted molar refractivity (Wildman–Crippen MR) is 120 cm³/mol. The molecular formula is C23H26N6O2. The van der Waals surface area contributed by atoms with Crippen molar-refractivity contribution in [3.05, 3.63) is 78.1 Å². The highest BCUT2D eigenvalue weighted by Crippen LogP contribution is 2.26. The Balaban J connectivity index is 1.46. The number of aromatic nitrogens is 2. The minimum atomic E-state index is -0.477. The quantitative estimate of drug-likeness (QED) is 0.416. The summed E-state index contributed by atoms with van der Waals surface area (Å²) in [5.41, 5.74) is 13.9. The minimum absolute atomic E-state index is 0.156. The Kier molecular flexibility index (Phi) is 6.59. The molecule has 2 aromatic carbocycles. The van der Waals surface area contributed by atoms with Crippen LogP contribution in [-0.4, -0.2) is 35.1 Å². The Bertz CT molecular complexity index is 954. The van der Waals surface area contributed by atoms with Gasteiger partial charge in [-0.2, -0.15) is 0 Å². The molecule has 0 spiro atoms. The van der Waals surface area contributed by atoms with Crippen molar-refractivity contribution in [3.8, 4) is 0 Å². The molecule has 4 rings (SSSR count). The summed E-state index contributed by atoms with van der Waals surface area (Å²) in [7, 11) is 0. The van der Waals surface area contributed by atoms with Crippen LogP contribution in [0.1, 0.15) is 29.9 Å². The molecule has 1 aliphatic rings. The number of nitrogens with two attached hydrogens (primary N) is 1. The highest BCUT2D eigenvalue weighted by Gasteiger charge is 2.23. The standard InChI is InChI=1S/C23H26N6O2/c24-20-21(25-14-18-12-7-13-31-18)26-15-27-22(20)28-29-23(30)19(16-8-3-1-4-9-16)17-10-5-2-6-11-17/h1-6,8-11,15,18-19H,7,12-14,24H2,(H,29,30)(H2,25,26,27,28). The molecule has 1 saturated heterocycles. The first kappa shape index (κ1) is 20.6. The molecule has 1 unspecified atom stereocenters. The summed E-state index contributed by atoms with van der Waals surface area (Å²) in [4.78, 5) is 21.5. The highest BCUT2D eigenvalue weighted by atomic mass is 16.5. The summed E-state index contributed by atoms with van der Waals surface area (Å²) < 4.78 is 5.61. The van der Waals surface area contributed by atoms with E-state index in [1.165, 1.54) is 6.33 Å². The summed E-state index contributed by atoms with van der Waals surface area (Å²) in [6.07, 6.45) is 3.63. The summed E-state index contributed by atoms with van der Waals surface area (Å²) in [5.74, 6) is 0.141. The number of anilines is 3. The number of hydrogen-bond donors (Lipinski definition) is 4. The van der Waals surface area contributed by atoms with Crippen LogP contribution < -0.4 is 21.9 Å². The molecule has 1 atom stereocenters. The van der Waals surface area contributed by atoms with Gasteiger partial charge in [0.15, 0.2) is 11.6 Å². The third kappa shape index (κ3) is 5.10. The van der Waals surface area contributed by atoms with Crippen LogP contribution >= 0.6 is 0 Å². The number of carbonyl (C=O) groups is 1. The van der Waals surface area contributed by atoms with Gasteiger partial charge in [-0.3, -0.25) is 15.6 Å². The van der Waals surface area contributed by atoms with Crippen LogP contribution in [0.15, 0.2) is 67.0 Å². The fourth-order valence-electron chi connectivity index (χ4n) is 3.63. The number of hydrazine groups is 1. The van der Waals surface area contributed by atoms with Crippen LogP contribution in [0, 0.1) is 0 Å². The zero-order valence-corrected chi connectivity index (χ0v) is 17.1. The van der Waals surface area contributed by atoms with Crippen LogP contribution in [0.2, 0.25) is 0 Å². The van der Waals surface area contributed by atoms with Gasteiger partial charge < -0.3 is 15.8 Å². The second-order valence-electron chi connectivity index (χ2n) is 7.37. The number of benzene rings is 2. The summed E-state index contributed by atoms with van der Waals surface area (Å²) >= 11 is 0. The molecule has 1 aliphatic heterocycles. The Labute approximate surface area is 181 Å².